The molecule has 0 heterocycles. The largest absolute Gasteiger partial charge is 0.409 e. The summed E-state index contributed by atoms with van der Waals surface area (Å²) in [4.78, 5) is 11.2. The topological polar surface area (TPSA) is 106 Å². The molecule has 4 N–H and O–H groups in total. The molecule has 7 heteroatoms. The van der Waals surface area contributed by atoms with Crippen LogP contribution in [0.25, 0.3) is 0 Å². The maximum Gasteiger partial charge on any atom is 0.245 e. The van der Waals surface area contributed by atoms with Gasteiger partial charge in [0.1, 0.15) is 12.4 Å². The Morgan fingerprint density at radius 1 is 1.41 bits per heavy atom. The van der Waals surface area contributed by atoms with Gasteiger partial charge in [0, 0.05) is 20.1 Å². The number of rotatable bonds is 10. The summed E-state index contributed by atoms with van der Waals surface area (Å²) in [5.74, 6) is 0.0594. The molecule has 0 bridgehead atoms. The summed E-state index contributed by atoms with van der Waals surface area (Å²) in [5, 5.41) is 13.8. The molecule has 0 spiro atoms. The highest BCUT2D eigenvalue weighted by Gasteiger charge is 2.00. The average molecular weight is 247 g/mol. The molecular weight excluding hydrogens is 226 g/mol. The van der Waals surface area contributed by atoms with Crippen LogP contribution < -0.4 is 11.1 Å². The van der Waals surface area contributed by atoms with E-state index < -0.39 is 0 Å². The van der Waals surface area contributed by atoms with Crippen LogP contribution in [0.3, 0.4) is 0 Å². The van der Waals surface area contributed by atoms with Crippen LogP contribution in [0.1, 0.15) is 19.3 Å². The van der Waals surface area contributed by atoms with E-state index in [9.17, 15) is 4.79 Å². The third kappa shape index (κ3) is 10.9. The molecule has 0 aromatic heterocycles. The molecule has 0 aliphatic carbocycles. The highest BCUT2D eigenvalue weighted by atomic mass is 16.5. The van der Waals surface area contributed by atoms with Gasteiger partial charge < -0.3 is 25.7 Å². The number of carbonyl (C=O) groups is 1. The lowest BCUT2D eigenvalue weighted by Crippen LogP contribution is -2.29. The zero-order valence-corrected chi connectivity index (χ0v) is 10.1. The van der Waals surface area contributed by atoms with E-state index in [4.69, 9.17) is 20.4 Å². The minimum atomic E-state index is -0.148. The number of hydrogen-bond donors (Lipinski definition) is 3. The molecule has 0 saturated heterocycles. The predicted molar refractivity (Wildman–Crippen MR) is 63.0 cm³/mol. The van der Waals surface area contributed by atoms with Crippen molar-refractivity contribution in [2.45, 2.75) is 19.3 Å². The van der Waals surface area contributed by atoms with Gasteiger partial charge in [0.05, 0.1) is 13.2 Å². The summed E-state index contributed by atoms with van der Waals surface area (Å²) < 4.78 is 9.81. The first-order chi connectivity index (χ1) is 8.20. The fraction of sp³-hybridized carbons (Fsp3) is 0.800. The lowest BCUT2D eigenvalue weighted by molar-refractivity contribution is -0.126. The Bertz CT molecular complexity index is 234. The summed E-state index contributed by atoms with van der Waals surface area (Å²) in [6.45, 7) is 1.50. The molecule has 17 heavy (non-hydrogen) atoms. The number of ether oxygens (including phenoxy) is 2. The van der Waals surface area contributed by atoms with Gasteiger partial charge in [0.2, 0.25) is 5.91 Å². The fourth-order valence-corrected chi connectivity index (χ4v) is 1.07. The Labute approximate surface area is 101 Å². The second kappa shape index (κ2) is 11.2. The number of unbranched alkanes of at least 4 members (excludes halogenated alkanes) is 1. The molecule has 7 nitrogen and oxygen atoms in total. The predicted octanol–water partition coefficient (Wildman–Crippen LogP) is -0.318. The Balaban J connectivity index is 3.27. The van der Waals surface area contributed by atoms with E-state index in [2.05, 4.69) is 10.5 Å². The summed E-state index contributed by atoms with van der Waals surface area (Å²) in [7, 11) is 1.57. The van der Waals surface area contributed by atoms with Crippen LogP contribution >= 0.6 is 0 Å². The number of amides is 1. The zero-order chi connectivity index (χ0) is 12.9. The van der Waals surface area contributed by atoms with Crippen molar-refractivity contribution in [2.24, 2.45) is 10.9 Å². The van der Waals surface area contributed by atoms with Crippen molar-refractivity contribution in [1.82, 2.24) is 5.32 Å². The number of carbonyl (C=O) groups excluding carboxylic acids is 1. The molecule has 0 atom stereocenters. The Hall–Kier alpha value is -1.34. The van der Waals surface area contributed by atoms with Gasteiger partial charge in [-0.05, 0) is 12.8 Å². The zero-order valence-electron chi connectivity index (χ0n) is 10.1. The molecule has 0 radical (unpaired) electrons. The van der Waals surface area contributed by atoms with Crippen molar-refractivity contribution in [3.63, 3.8) is 0 Å². The maximum absolute atomic E-state index is 11.2. The first-order valence-corrected chi connectivity index (χ1v) is 5.50. The molecular formula is C10H21N3O4. The number of amidine groups is 1. The number of methoxy groups -OCH3 is 1. The molecule has 1 amide bonds. The molecule has 100 valence electrons. The van der Waals surface area contributed by atoms with Gasteiger partial charge in [0.15, 0.2) is 0 Å². The second-order valence-corrected chi connectivity index (χ2v) is 3.44. The van der Waals surface area contributed by atoms with E-state index >= 15 is 0 Å². The van der Waals surface area contributed by atoms with Gasteiger partial charge >= 0.3 is 0 Å². The highest BCUT2D eigenvalue weighted by molar-refractivity contribution is 5.79. The number of hydrogen-bond acceptors (Lipinski definition) is 5. The van der Waals surface area contributed by atoms with E-state index in [1.807, 2.05) is 0 Å². The number of nitrogens with one attached hydrogen (secondary N) is 1. The lowest BCUT2D eigenvalue weighted by atomic mass is 10.2. The minimum absolute atomic E-state index is 0.0452. The minimum Gasteiger partial charge on any atom is -0.409 e. The molecule has 0 aliphatic heterocycles. The van der Waals surface area contributed by atoms with Crippen LogP contribution in [0.4, 0.5) is 0 Å². The Morgan fingerprint density at radius 3 is 2.82 bits per heavy atom. The Morgan fingerprint density at radius 2 is 2.18 bits per heavy atom. The van der Waals surface area contributed by atoms with E-state index in [1.54, 1.807) is 7.11 Å². The smallest absolute Gasteiger partial charge is 0.245 e. The SMILES string of the molecule is COCCOCC(=O)NCCCCC(N)=NO. The summed E-state index contributed by atoms with van der Waals surface area (Å²) in [6, 6.07) is 0. The van der Waals surface area contributed by atoms with Crippen molar-refractivity contribution >= 4 is 11.7 Å². The number of nitrogens with zero attached hydrogens (tertiary/aromatic N) is 1. The first-order valence-electron chi connectivity index (χ1n) is 5.50. The fourth-order valence-electron chi connectivity index (χ4n) is 1.07. The standard InChI is InChI=1S/C10H21N3O4/c1-16-6-7-17-8-10(14)12-5-3-2-4-9(11)13-15/h15H,2-8H2,1H3,(H2,11,13)(H,12,14). The van der Waals surface area contributed by atoms with Gasteiger partial charge in [-0.2, -0.15) is 0 Å². The van der Waals surface area contributed by atoms with E-state index in [0.29, 0.717) is 26.2 Å². The van der Waals surface area contributed by atoms with Crippen LogP contribution in [-0.4, -0.2) is 50.4 Å². The van der Waals surface area contributed by atoms with E-state index in [1.165, 1.54) is 0 Å². The molecule has 0 saturated carbocycles. The molecule has 0 fully saturated rings. The molecule has 0 aromatic rings. The lowest BCUT2D eigenvalue weighted by Gasteiger charge is -2.05. The molecule has 0 rings (SSSR count). The first kappa shape index (κ1) is 15.7. The van der Waals surface area contributed by atoms with Gasteiger partial charge in [-0.3, -0.25) is 4.79 Å². The van der Waals surface area contributed by atoms with Crippen LogP contribution in [0.15, 0.2) is 5.16 Å². The van der Waals surface area contributed by atoms with Gasteiger partial charge in [0.25, 0.3) is 0 Å². The van der Waals surface area contributed by atoms with Gasteiger partial charge in [-0.25, -0.2) is 0 Å². The van der Waals surface area contributed by atoms with Gasteiger partial charge in [-0.1, -0.05) is 5.16 Å². The summed E-state index contributed by atoms with van der Waals surface area (Å²) in [6.07, 6.45) is 2.07. The third-order valence-corrected chi connectivity index (χ3v) is 1.98. The monoisotopic (exact) mass is 247 g/mol. The average Bonchev–Trinajstić information content (AvgIpc) is 2.34. The van der Waals surface area contributed by atoms with Crippen molar-refractivity contribution in [2.75, 3.05) is 33.5 Å². The van der Waals surface area contributed by atoms with Crippen LogP contribution in [0, 0.1) is 0 Å². The van der Waals surface area contributed by atoms with Crippen molar-refractivity contribution in [3.8, 4) is 0 Å². The van der Waals surface area contributed by atoms with E-state index in [0.717, 1.165) is 12.8 Å². The van der Waals surface area contributed by atoms with Crippen molar-refractivity contribution in [1.29, 1.82) is 0 Å². The number of oxime groups is 1. The number of nitrogens with two attached hydrogens (primary N) is 1. The van der Waals surface area contributed by atoms with Crippen LogP contribution in [-0.2, 0) is 14.3 Å². The summed E-state index contributed by atoms with van der Waals surface area (Å²) in [5.41, 5.74) is 5.29. The third-order valence-electron chi connectivity index (χ3n) is 1.98. The normalized spacial score (nSPS) is 11.5. The molecule has 0 unspecified atom stereocenters. The summed E-state index contributed by atoms with van der Waals surface area (Å²) >= 11 is 0. The van der Waals surface area contributed by atoms with Gasteiger partial charge in [-0.15, -0.1) is 0 Å². The van der Waals surface area contributed by atoms with E-state index in [-0.39, 0.29) is 18.3 Å². The van der Waals surface area contributed by atoms with Crippen LogP contribution in [0.2, 0.25) is 0 Å². The second-order valence-electron chi connectivity index (χ2n) is 3.44. The maximum atomic E-state index is 11.2. The quantitative estimate of drug-likeness (QED) is 0.161. The van der Waals surface area contributed by atoms with Crippen molar-refractivity contribution in [3.05, 3.63) is 0 Å². The van der Waals surface area contributed by atoms with Crippen molar-refractivity contribution < 1.29 is 19.5 Å². The molecule has 0 aromatic carbocycles. The Kier molecular flexibility index (Phi) is 10.3. The molecule has 0 aliphatic rings. The highest BCUT2D eigenvalue weighted by Crippen LogP contribution is 1.93. The van der Waals surface area contributed by atoms with Crippen LogP contribution in [0.5, 0.6) is 0 Å².